The van der Waals surface area contributed by atoms with Crippen molar-refractivity contribution in [1.29, 1.82) is 0 Å². The van der Waals surface area contributed by atoms with E-state index in [2.05, 4.69) is 10.6 Å². The Hall–Kier alpha value is -1.85. The van der Waals surface area contributed by atoms with Crippen LogP contribution < -0.4 is 10.6 Å². The van der Waals surface area contributed by atoms with Crippen molar-refractivity contribution in [3.63, 3.8) is 0 Å². The van der Waals surface area contributed by atoms with Crippen molar-refractivity contribution in [1.82, 2.24) is 5.32 Å². The zero-order valence-corrected chi connectivity index (χ0v) is 10.5. The number of nitrogens with one attached hydrogen (secondary N) is 2. The quantitative estimate of drug-likeness (QED) is 0.793. The summed E-state index contributed by atoms with van der Waals surface area (Å²) in [6.07, 6.45) is 0. The van der Waals surface area contributed by atoms with Gasteiger partial charge in [0.25, 0.3) is 0 Å². The van der Waals surface area contributed by atoms with Gasteiger partial charge in [0.1, 0.15) is 0 Å². The van der Waals surface area contributed by atoms with Gasteiger partial charge in [-0.25, -0.2) is 4.79 Å². The number of hydrogen-bond acceptors (Lipinski definition) is 3. The molecule has 0 aliphatic carbocycles. The maximum absolute atomic E-state index is 11.7. The predicted molar refractivity (Wildman–Crippen MR) is 72.7 cm³/mol. The monoisotopic (exact) mass is 262 g/mol. The molecule has 18 heavy (non-hydrogen) atoms. The highest BCUT2D eigenvalue weighted by Crippen LogP contribution is 2.14. The lowest BCUT2D eigenvalue weighted by Crippen LogP contribution is -2.34. The van der Waals surface area contributed by atoms with Crippen molar-refractivity contribution in [2.24, 2.45) is 0 Å². The molecule has 0 unspecified atom stereocenters. The summed E-state index contributed by atoms with van der Waals surface area (Å²) in [6, 6.07) is 10.5. The second kappa shape index (κ2) is 6.18. The molecule has 4 nitrogen and oxygen atoms in total. The van der Waals surface area contributed by atoms with Crippen molar-refractivity contribution in [3.05, 3.63) is 52.7 Å². The Morgan fingerprint density at radius 2 is 2.06 bits per heavy atom. The van der Waals surface area contributed by atoms with Crippen LogP contribution in [0.4, 0.5) is 10.5 Å². The Balaban J connectivity index is 1.96. The van der Waals surface area contributed by atoms with Crippen LogP contribution in [0.15, 0.2) is 47.2 Å². The highest BCUT2D eigenvalue weighted by atomic mass is 32.1. The first kappa shape index (κ1) is 12.6. The minimum atomic E-state index is -0.398. The molecule has 5 heteroatoms. The van der Waals surface area contributed by atoms with Crippen molar-refractivity contribution >= 4 is 23.1 Å². The SMILES string of the molecule is O=C(Nc1ccsc1)N[C@H](CO)c1ccccc1. The number of rotatable bonds is 4. The van der Waals surface area contributed by atoms with Gasteiger partial charge in [-0.15, -0.1) is 0 Å². The Kier molecular flexibility index (Phi) is 4.33. The van der Waals surface area contributed by atoms with Gasteiger partial charge in [-0.2, -0.15) is 11.3 Å². The molecular formula is C13H14N2O2S. The molecule has 0 saturated carbocycles. The van der Waals surface area contributed by atoms with Gasteiger partial charge in [-0.3, -0.25) is 0 Å². The van der Waals surface area contributed by atoms with Crippen LogP contribution in [0.5, 0.6) is 0 Å². The second-order valence-corrected chi connectivity index (χ2v) is 4.54. The van der Waals surface area contributed by atoms with Gasteiger partial charge in [0.15, 0.2) is 0 Å². The number of thiophene rings is 1. The average molecular weight is 262 g/mol. The lowest BCUT2D eigenvalue weighted by atomic mass is 10.1. The molecule has 0 fully saturated rings. The Morgan fingerprint density at radius 1 is 1.28 bits per heavy atom. The number of aliphatic hydroxyl groups is 1. The van der Waals surface area contributed by atoms with Crippen LogP contribution in [0.1, 0.15) is 11.6 Å². The summed E-state index contributed by atoms with van der Waals surface area (Å²) >= 11 is 1.51. The zero-order valence-electron chi connectivity index (χ0n) is 9.67. The Labute approximate surface area is 109 Å². The maximum atomic E-state index is 11.7. The number of hydrogen-bond donors (Lipinski definition) is 3. The molecule has 1 atom stereocenters. The van der Waals surface area contributed by atoms with E-state index in [1.807, 2.05) is 47.2 Å². The minimum Gasteiger partial charge on any atom is -0.394 e. The third-order valence-electron chi connectivity index (χ3n) is 2.47. The zero-order chi connectivity index (χ0) is 12.8. The lowest BCUT2D eigenvalue weighted by Gasteiger charge is -2.16. The molecule has 0 spiro atoms. The fraction of sp³-hybridized carbons (Fsp3) is 0.154. The predicted octanol–water partition coefficient (Wildman–Crippen LogP) is 2.60. The van der Waals surface area contributed by atoms with Gasteiger partial charge < -0.3 is 15.7 Å². The number of carbonyl (C=O) groups is 1. The second-order valence-electron chi connectivity index (χ2n) is 3.76. The van der Waals surface area contributed by atoms with Crippen molar-refractivity contribution in [2.45, 2.75) is 6.04 Å². The fourth-order valence-electron chi connectivity index (χ4n) is 1.58. The summed E-state index contributed by atoms with van der Waals surface area (Å²) in [6.45, 7) is -0.138. The summed E-state index contributed by atoms with van der Waals surface area (Å²) in [4.78, 5) is 11.7. The lowest BCUT2D eigenvalue weighted by molar-refractivity contribution is 0.225. The van der Waals surface area contributed by atoms with E-state index in [0.29, 0.717) is 0 Å². The molecule has 2 amide bonds. The largest absolute Gasteiger partial charge is 0.394 e. The maximum Gasteiger partial charge on any atom is 0.319 e. The molecule has 2 aromatic rings. The topological polar surface area (TPSA) is 61.4 Å². The van der Waals surface area contributed by atoms with Crippen LogP contribution in [0, 0.1) is 0 Å². The van der Waals surface area contributed by atoms with E-state index in [9.17, 15) is 9.90 Å². The highest BCUT2D eigenvalue weighted by Gasteiger charge is 2.13. The number of amides is 2. The summed E-state index contributed by atoms with van der Waals surface area (Å²) < 4.78 is 0. The molecule has 3 N–H and O–H groups in total. The molecule has 0 radical (unpaired) electrons. The molecule has 0 aliphatic heterocycles. The fourth-order valence-corrected chi connectivity index (χ4v) is 2.17. The number of aliphatic hydroxyl groups excluding tert-OH is 1. The smallest absolute Gasteiger partial charge is 0.319 e. The molecule has 1 aromatic heterocycles. The Bertz CT molecular complexity index is 485. The van der Waals surface area contributed by atoms with Crippen LogP contribution in [-0.4, -0.2) is 17.7 Å². The standard InChI is InChI=1S/C13H14N2O2S/c16-8-12(10-4-2-1-3-5-10)15-13(17)14-11-6-7-18-9-11/h1-7,9,12,16H,8H2,(H2,14,15,17)/t12-/m1/s1. The molecule has 0 aliphatic rings. The average Bonchev–Trinajstić information content (AvgIpc) is 2.90. The van der Waals surface area contributed by atoms with E-state index < -0.39 is 6.04 Å². The molecular weight excluding hydrogens is 248 g/mol. The van der Waals surface area contributed by atoms with Gasteiger partial charge in [0.05, 0.1) is 18.3 Å². The van der Waals surface area contributed by atoms with Gasteiger partial charge >= 0.3 is 6.03 Å². The van der Waals surface area contributed by atoms with Crippen molar-refractivity contribution in [2.75, 3.05) is 11.9 Å². The number of urea groups is 1. The molecule has 2 rings (SSSR count). The summed E-state index contributed by atoms with van der Waals surface area (Å²) in [5, 5.41) is 18.5. The van der Waals surface area contributed by atoms with E-state index in [1.54, 1.807) is 0 Å². The number of carbonyl (C=O) groups excluding carboxylic acids is 1. The third-order valence-corrected chi connectivity index (χ3v) is 3.15. The Morgan fingerprint density at radius 3 is 2.67 bits per heavy atom. The highest BCUT2D eigenvalue weighted by molar-refractivity contribution is 7.08. The molecule has 0 bridgehead atoms. The number of anilines is 1. The first-order valence-corrected chi connectivity index (χ1v) is 6.49. The summed E-state index contributed by atoms with van der Waals surface area (Å²) in [7, 11) is 0. The molecule has 1 aromatic carbocycles. The first-order valence-electron chi connectivity index (χ1n) is 5.55. The van der Waals surface area contributed by atoms with Crippen LogP contribution >= 0.6 is 11.3 Å². The van der Waals surface area contributed by atoms with Crippen LogP contribution in [0.25, 0.3) is 0 Å². The van der Waals surface area contributed by atoms with Crippen molar-refractivity contribution in [3.8, 4) is 0 Å². The third kappa shape index (κ3) is 3.32. The molecule has 0 saturated heterocycles. The minimum absolute atomic E-state index is 0.138. The number of benzene rings is 1. The van der Waals surface area contributed by atoms with Gasteiger partial charge in [-0.1, -0.05) is 30.3 Å². The van der Waals surface area contributed by atoms with Crippen molar-refractivity contribution < 1.29 is 9.90 Å². The van der Waals surface area contributed by atoms with E-state index in [1.165, 1.54) is 11.3 Å². The molecule has 1 heterocycles. The van der Waals surface area contributed by atoms with Gasteiger partial charge in [0.2, 0.25) is 0 Å². The summed E-state index contributed by atoms with van der Waals surface area (Å²) in [5.41, 5.74) is 1.63. The normalized spacial score (nSPS) is 11.8. The van der Waals surface area contributed by atoms with E-state index >= 15 is 0 Å². The van der Waals surface area contributed by atoms with E-state index in [0.717, 1.165) is 11.3 Å². The van der Waals surface area contributed by atoms with Gasteiger partial charge in [-0.05, 0) is 17.0 Å². The van der Waals surface area contributed by atoms with Gasteiger partial charge in [0, 0.05) is 5.38 Å². The van der Waals surface area contributed by atoms with Crippen LogP contribution in [0.3, 0.4) is 0 Å². The van der Waals surface area contributed by atoms with Crippen LogP contribution in [0.2, 0.25) is 0 Å². The van der Waals surface area contributed by atoms with E-state index in [4.69, 9.17) is 0 Å². The first-order chi connectivity index (χ1) is 8.79. The van der Waals surface area contributed by atoms with E-state index in [-0.39, 0.29) is 12.6 Å². The molecule has 94 valence electrons. The van der Waals surface area contributed by atoms with Crippen LogP contribution in [-0.2, 0) is 0 Å². The summed E-state index contributed by atoms with van der Waals surface area (Å²) in [5.74, 6) is 0.